The molecule has 8 heteroatoms. The van der Waals surface area contributed by atoms with E-state index in [1.807, 2.05) is 65.7 Å². The first kappa shape index (κ1) is 23.7. The smallest absolute Gasteiger partial charge is 0.244 e. The van der Waals surface area contributed by atoms with Crippen molar-refractivity contribution in [2.24, 2.45) is 0 Å². The van der Waals surface area contributed by atoms with Crippen molar-refractivity contribution in [1.82, 2.24) is 24.8 Å². The standard InChI is InChI=1S/C28H28N6OS/c1-18-12-14-30-24(15-18)34-19(2)16-22(20(34)3)27-26(23-11-7-8-13-29-23)32-28(36)33(27)17-25(35)31-21-9-5-4-6-10-21/h4-16,26-27H,17H2,1-3H3,(H,31,35)(H,32,36). The Bertz CT molecular complexity index is 1400. The van der Waals surface area contributed by atoms with Crippen LogP contribution < -0.4 is 10.6 Å². The molecule has 3 aromatic heterocycles. The Balaban J connectivity index is 1.54. The summed E-state index contributed by atoms with van der Waals surface area (Å²) in [4.78, 5) is 24.3. The molecule has 1 aliphatic heterocycles. The van der Waals surface area contributed by atoms with Crippen LogP contribution in [0, 0.1) is 20.8 Å². The van der Waals surface area contributed by atoms with E-state index in [0.29, 0.717) is 5.11 Å². The molecular formula is C28H28N6OS. The van der Waals surface area contributed by atoms with Crippen molar-refractivity contribution >= 4 is 28.9 Å². The average molecular weight is 497 g/mol. The summed E-state index contributed by atoms with van der Waals surface area (Å²) in [7, 11) is 0. The molecule has 36 heavy (non-hydrogen) atoms. The zero-order valence-electron chi connectivity index (χ0n) is 20.5. The van der Waals surface area contributed by atoms with Crippen LogP contribution in [0.15, 0.2) is 79.1 Å². The predicted molar refractivity (Wildman–Crippen MR) is 145 cm³/mol. The van der Waals surface area contributed by atoms with Crippen molar-refractivity contribution in [2.75, 3.05) is 11.9 Å². The van der Waals surface area contributed by atoms with Gasteiger partial charge in [0, 0.05) is 29.5 Å². The van der Waals surface area contributed by atoms with Gasteiger partial charge in [0.05, 0.1) is 17.8 Å². The summed E-state index contributed by atoms with van der Waals surface area (Å²) in [5.74, 6) is 0.735. The highest BCUT2D eigenvalue weighted by atomic mass is 32.1. The van der Waals surface area contributed by atoms with Gasteiger partial charge in [-0.1, -0.05) is 24.3 Å². The zero-order chi connectivity index (χ0) is 25.2. The predicted octanol–water partition coefficient (Wildman–Crippen LogP) is 4.80. The molecule has 0 spiro atoms. The highest BCUT2D eigenvalue weighted by Crippen LogP contribution is 2.41. The van der Waals surface area contributed by atoms with Gasteiger partial charge < -0.3 is 20.1 Å². The minimum Gasteiger partial charge on any atom is -0.352 e. The number of hydrogen-bond acceptors (Lipinski definition) is 4. The van der Waals surface area contributed by atoms with Gasteiger partial charge in [-0.2, -0.15) is 0 Å². The van der Waals surface area contributed by atoms with E-state index < -0.39 is 0 Å². The Morgan fingerprint density at radius 2 is 1.78 bits per heavy atom. The minimum atomic E-state index is -0.223. The first-order valence-electron chi connectivity index (χ1n) is 11.9. The van der Waals surface area contributed by atoms with Crippen molar-refractivity contribution in [1.29, 1.82) is 0 Å². The number of carbonyl (C=O) groups excluding carboxylic acids is 1. The minimum absolute atomic E-state index is 0.112. The van der Waals surface area contributed by atoms with Crippen molar-refractivity contribution < 1.29 is 4.79 Å². The van der Waals surface area contributed by atoms with Crippen molar-refractivity contribution in [3.8, 4) is 5.82 Å². The van der Waals surface area contributed by atoms with Gasteiger partial charge in [-0.05, 0) is 86.6 Å². The topological polar surface area (TPSA) is 75.1 Å². The van der Waals surface area contributed by atoms with Gasteiger partial charge in [-0.15, -0.1) is 0 Å². The molecule has 5 rings (SSSR count). The maximum absolute atomic E-state index is 13.1. The molecule has 4 aromatic rings. The summed E-state index contributed by atoms with van der Waals surface area (Å²) in [5.41, 5.74) is 5.95. The van der Waals surface area contributed by atoms with E-state index in [1.54, 1.807) is 6.20 Å². The molecule has 4 heterocycles. The number of aromatic nitrogens is 3. The van der Waals surface area contributed by atoms with Crippen LogP contribution in [-0.4, -0.2) is 37.0 Å². The molecule has 1 saturated heterocycles. The van der Waals surface area contributed by atoms with E-state index in [-0.39, 0.29) is 24.5 Å². The van der Waals surface area contributed by atoms with Crippen molar-refractivity contribution in [2.45, 2.75) is 32.9 Å². The lowest BCUT2D eigenvalue weighted by atomic mass is 9.96. The Kier molecular flexibility index (Phi) is 6.52. The quantitative estimate of drug-likeness (QED) is 0.374. The summed E-state index contributed by atoms with van der Waals surface area (Å²) < 4.78 is 2.15. The molecule has 1 aromatic carbocycles. The molecule has 2 atom stereocenters. The van der Waals surface area contributed by atoms with Gasteiger partial charge in [-0.25, -0.2) is 4.98 Å². The number of para-hydroxylation sites is 1. The van der Waals surface area contributed by atoms with Gasteiger partial charge >= 0.3 is 0 Å². The fourth-order valence-electron chi connectivity index (χ4n) is 4.87. The van der Waals surface area contributed by atoms with E-state index in [1.165, 1.54) is 0 Å². The molecule has 0 bridgehead atoms. The van der Waals surface area contributed by atoms with Gasteiger partial charge in [0.15, 0.2) is 5.11 Å². The van der Waals surface area contributed by atoms with Gasteiger partial charge in [0.2, 0.25) is 5.91 Å². The summed E-state index contributed by atoms with van der Waals surface area (Å²) in [6.45, 7) is 6.33. The number of carbonyl (C=O) groups is 1. The summed E-state index contributed by atoms with van der Waals surface area (Å²) >= 11 is 5.76. The Hall–Kier alpha value is -4.04. The summed E-state index contributed by atoms with van der Waals surface area (Å²) in [5, 5.41) is 6.94. The lowest BCUT2D eigenvalue weighted by Crippen LogP contribution is -2.37. The third-order valence-electron chi connectivity index (χ3n) is 6.49. The first-order chi connectivity index (χ1) is 17.4. The normalized spacial score (nSPS) is 17.2. The van der Waals surface area contributed by atoms with Gasteiger partial charge in [0.25, 0.3) is 0 Å². The molecule has 0 saturated carbocycles. The largest absolute Gasteiger partial charge is 0.352 e. The van der Waals surface area contributed by atoms with Crippen LogP contribution in [0.5, 0.6) is 0 Å². The average Bonchev–Trinajstić information content (AvgIpc) is 3.35. The second-order valence-electron chi connectivity index (χ2n) is 9.02. The van der Waals surface area contributed by atoms with Crippen LogP contribution in [0.3, 0.4) is 0 Å². The number of hydrogen-bond donors (Lipinski definition) is 2. The van der Waals surface area contributed by atoms with Crippen molar-refractivity contribution in [3.63, 3.8) is 0 Å². The van der Waals surface area contributed by atoms with Crippen LogP contribution in [0.1, 0.15) is 40.3 Å². The maximum Gasteiger partial charge on any atom is 0.244 e. The van der Waals surface area contributed by atoms with E-state index in [0.717, 1.165) is 39.7 Å². The highest BCUT2D eigenvalue weighted by Gasteiger charge is 2.42. The molecular weight excluding hydrogens is 468 g/mol. The van der Waals surface area contributed by atoms with Gasteiger partial charge in [-0.3, -0.25) is 9.78 Å². The molecule has 2 unspecified atom stereocenters. The molecule has 1 fully saturated rings. The number of nitrogens with one attached hydrogen (secondary N) is 2. The number of rotatable bonds is 6. The van der Waals surface area contributed by atoms with Gasteiger partial charge in [0.1, 0.15) is 12.4 Å². The van der Waals surface area contributed by atoms with Crippen molar-refractivity contribution in [3.05, 3.63) is 107 Å². The zero-order valence-corrected chi connectivity index (χ0v) is 21.3. The number of thiocarbonyl (C=S) groups is 1. The third kappa shape index (κ3) is 4.59. The maximum atomic E-state index is 13.1. The Labute approximate surface area is 216 Å². The number of benzene rings is 1. The molecule has 7 nitrogen and oxygen atoms in total. The number of amides is 1. The van der Waals surface area contributed by atoms with E-state index in [4.69, 9.17) is 12.2 Å². The first-order valence-corrected chi connectivity index (χ1v) is 12.3. The number of pyridine rings is 2. The summed E-state index contributed by atoms with van der Waals surface area (Å²) in [6, 6.07) is 21.1. The molecule has 2 N–H and O–H groups in total. The van der Waals surface area contributed by atoms with E-state index in [2.05, 4.69) is 58.1 Å². The van der Waals surface area contributed by atoms with E-state index in [9.17, 15) is 4.79 Å². The molecule has 182 valence electrons. The highest BCUT2D eigenvalue weighted by molar-refractivity contribution is 7.80. The molecule has 0 radical (unpaired) electrons. The van der Waals surface area contributed by atoms with Crippen LogP contribution in [0.2, 0.25) is 0 Å². The fraction of sp³-hybridized carbons (Fsp3) is 0.214. The SMILES string of the molecule is Cc1ccnc(-n2c(C)cc(C3C(c4ccccn4)NC(=S)N3CC(=O)Nc3ccccc3)c2C)c1. The Morgan fingerprint density at radius 1 is 1.00 bits per heavy atom. The molecule has 1 aliphatic rings. The monoisotopic (exact) mass is 496 g/mol. The second kappa shape index (κ2) is 9.91. The fourth-order valence-corrected chi connectivity index (χ4v) is 5.18. The Morgan fingerprint density at radius 3 is 2.50 bits per heavy atom. The lowest BCUT2D eigenvalue weighted by Gasteiger charge is -2.27. The summed E-state index contributed by atoms with van der Waals surface area (Å²) in [6.07, 6.45) is 3.61. The molecule has 1 amide bonds. The number of aryl methyl sites for hydroxylation is 2. The van der Waals surface area contributed by atoms with Crippen LogP contribution in [0.25, 0.3) is 5.82 Å². The lowest BCUT2D eigenvalue weighted by molar-refractivity contribution is -0.116. The van der Waals surface area contributed by atoms with Crippen LogP contribution in [-0.2, 0) is 4.79 Å². The van der Waals surface area contributed by atoms with Crippen LogP contribution in [0.4, 0.5) is 5.69 Å². The third-order valence-corrected chi connectivity index (χ3v) is 6.84. The number of nitrogens with zero attached hydrogens (tertiary/aromatic N) is 4. The van der Waals surface area contributed by atoms with E-state index >= 15 is 0 Å². The molecule has 0 aliphatic carbocycles. The second-order valence-corrected chi connectivity index (χ2v) is 9.41. The number of anilines is 1. The van der Waals surface area contributed by atoms with Crippen LogP contribution >= 0.6 is 12.2 Å².